The van der Waals surface area contributed by atoms with Crippen LogP contribution in [0.25, 0.3) is 0 Å². The number of carbonyl (C=O) groups is 1. The highest BCUT2D eigenvalue weighted by Crippen LogP contribution is 2.33. The zero-order valence-electron chi connectivity index (χ0n) is 13.1. The minimum Gasteiger partial charge on any atom is -0.486 e. The van der Waals surface area contributed by atoms with Gasteiger partial charge in [0.05, 0.1) is 12.0 Å². The molecule has 1 aromatic carbocycles. The van der Waals surface area contributed by atoms with Crippen LogP contribution in [0.15, 0.2) is 18.2 Å². The molecule has 0 radical (unpaired) electrons. The van der Waals surface area contributed by atoms with E-state index < -0.39 is 0 Å². The average Bonchev–Trinajstić information content (AvgIpc) is 2.59. The predicted octanol–water partition coefficient (Wildman–Crippen LogP) is 2.02. The van der Waals surface area contributed by atoms with Crippen molar-refractivity contribution < 1.29 is 14.3 Å². The highest BCUT2D eigenvalue weighted by Gasteiger charge is 2.24. The van der Waals surface area contributed by atoms with Gasteiger partial charge in [0.15, 0.2) is 11.5 Å². The molecule has 0 bridgehead atoms. The summed E-state index contributed by atoms with van der Waals surface area (Å²) in [5.74, 6) is 1.79. The Hall–Kier alpha value is -1.75. The Bertz CT molecular complexity index is 527. The minimum absolute atomic E-state index is 0.0188. The van der Waals surface area contributed by atoms with Gasteiger partial charge in [0.25, 0.3) is 0 Å². The number of hydrogen-bond acceptors (Lipinski definition) is 4. The molecule has 1 aromatic rings. The molecule has 2 aliphatic heterocycles. The summed E-state index contributed by atoms with van der Waals surface area (Å²) in [7, 11) is 0. The standard InChI is InChI=1S/C17H24N2O3/c1-2-14(19-17(20)13-4-3-7-18-11-13)12-5-6-15-16(10-12)22-9-8-21-15/h5-6,10,13-14,18H,2-4,7-9,11H2,1H3,(H,19,20). The van der Waals surface area contributed by atoms with E-state index in [9.17, 15) is 4.79 Å². The van der Waals surface area contributed by atoms with Crippen LogP contribution >= 0.6 is 0 Å². The molecule has 1 saturated heterocycles. The van der Waals surface area contributed by atoms with Crippen molar-refractivity contribution in [2.75, 3.05) is 26.3 Å². The lowest BCUT2D eigenvalue weighted by Crippen LogP contribution is -2.41. The van der Waals surface area contributed by atoms with E-state index in [-0.39, 0.29) is 17.9 Å². The maximum Gasteiger partial charge on any atom is 0.224 e. The first kappa shape index (κ1) is 15.2. The van der Waals surface area contributed by atoms with Gasteiger partial charge in [0.1, 0.15) is 13.2 Å². The van der Waals surface area contributed by atoms with Crippen LogP contribution in [0.3, 0.4) is 0 Å². The van der Waals surface area contributed by atoms with Gasteiger partial charge in [0.2, 0.25) is 5.91 Å². The Labute approximate surface area is 131 Å². The molecule has 1 amide bonds. The number of ether oxygens (including phenoxy) is 2. The van der Waals surface area contributed by atoms with Crippen molar-refractivity contribution in [2.24, 2.45) is 5.92 Å². The quantitative estimate of drug-likeness (QED) is 0.893. The van der Waals surface area contributed by atoms with Crippen LogP contribution in [0, 0.1) is 5.92 Å². The summed E-state index contributed by atoms with van der Waals surface area (Å²) in [6.45, 7) is 5.05. The number of rotatable bonds is 4. The second-order valence-corrected chi connectivity index (χ2v) is 5.92. The van der Waals surface area contributed by atoms with Crippen LogP contribution in [0.2, 0.25) is 0 Å². The van der Waals surface area contributed by atoms with E-state index in [4.69, 9.17) is 9.47 Å². The highest BCUT2D eigenvalue weighted by molar-refractivity contribution is 5.79. The third kappa shape index (κ3) is 3.35. The number of carbonyl (C=O) groups excluding carboxylic acids is 1. The van der Waals surface area contributed by atoms with Crippen LogP contribution in [0.1, 0.15) is 37.8 Å². The number of hydrogen-bond donors (Lipinski definition) is 2. The van der Waals surface area contributed by atoms with Crippen molar-refractivity contribution in [3.63, 3.8) is 0 Å². The fraction of sp³-hybridized carbons (Fsp3) is 0.588. The SMILES string of the molecule is CCC(NC(=O)C1CCCNC1)c1ccc2c(c1)OCCO2. The topological polar surface area (TPSA) is 59.6 Å². The van der Waals surface area contributed by atoms with Crippen LogP contribution in [0.4, 0.5) is 0 Å². The van der Waals surface area contributed by atoms with E-state index >= 15 is 0 Å². The van der Waals surface area contributed by atoms with Gasteiger partial charge in [-0.05, 0) is 43.5 Å². The molecule has 2 N–H and O–H groups in total. The first-order chi connectivity index (χ1) is 10.8. The van der Waals surface area contributed by atoms with E-state index in [2.05, 4.69) is 17.6 Å². The molecule has 0 aliphatic carbocycles. The molecule has 120 valence electrons. The first-order valence-corrected chi connectivity index (χ1v) is 8.18. The second-order valence-electron chi connectivity index (χ2n) is 5.92. The molecule has 0 aromatic heterocycles. The normalized spacial score (nSPS) is 22.0. The summed E-state index contributed by atoms with van der Waals surface area (Å²) < 4.78 is 11.2. The van der Waals surface area contributed by atoms with E-state index in [0.717, 1.165) is 49.4 Å². The highest BCUT2D eigenvalue weighted by atomic mass is 16.6. The predicted molar refractivity (Wildman–Crippen MR) is 84.2 cm³/mol. The zero-order valence-corrected chi connectivity index (χ0v) is 13.1. The Morgan fingerprint density at radius 2 is 2.18 bits per heavy atom. The Balaban J connectivity index is 1.69. The molecule has 22 heavy (non-hydrogen) atoms. The van der Waals surface area contributed by atoms with Gasteiger partial charge < -0.3 is 20.1 Å². The number of piperidine rings is 1. The fourth-order valence-corrected chi connectivity index (χ4v) is 3.06. The minimum atomic E-state index is 0.0188. The fourth-order valence-electron chi connectivity index (χ4n) is 3.06. The van der Waals surface area contributed by atoms with Crippen LogP contribution < -0.4 is 20.1 Å². The van der Waals surface area contributed by atoms with Gasteiger partial charge in [-0.3, -0.25) is 4.79 Å². The molecular formula is C17H24N2O3. The molecule has 0 spiro atoms. The second kappa shape index (κ2) is 7.01. The molecule has 0 saturated carbocycles. The lowest BCUT2D eigenvalue weighted by Gasteiger charge is -2.26. The van der Waals surface area contributed by atoms with Gasteiger partial charge in [-0.1, -0.05) is 13.0 Å². The van der Waals surface area contributed by atoms with Gasteiger partial charge in [-0.25, -0.2) is 0 Å². The molecule has 1 fully saturated rings. The van der Waals surface area contributed by atoms with Gasteiger partial charge in [-0.15, -0.1) is 0 Å². The third-order valence-corrected chi connectivity index (χ3v) is 4.36. The van der Waals surface area contributed by atoms with E-state index in [1.54, 1.807) is 0 Å². The Morgan fingerprint density at radius 1 is 1.36 bits per heavy atom. The van der Waals surface area contributed by atoms with Crippen molar-refractivity contribution in [2.45, 2.75) is 32.2 Å². The summed E-state index contributed by atoms with van der Waals surface area (Å²) in [6.07, 6.45) is 2.89. The van der Waals surface area contributed by atoms with Crippen molar-refractivity contribution >= 4 is 5.91 Å². The molecule has 2 heterocycles. The molecular weight excluding hydrogens is 280 g/mol. The van der Waals surface area contributed by atoms with Gasteiger partial charge in [0, 0.05) is 6.54 Å². The molecule has 2 aliphatic rings. The summed E-state index contributed by atoms with van der Waals surface area (Å²) in [4.78, 5) is 12.4. The maximum atomic E-state index is 12.4. The number of benzene rings is 1. The lowest BCUT2D eigenvalue weighted by molar-refractivity contribution is -0.126. The van der Waals surface area contributed by atoms with Crippen LogP contribution in [-0.2, 0) is 4.79 Å². The van der Waals surface area contributed by atoms with E-state index in [1.165, 1.54) is 0 Å². The van der Waals surface area contributed by atoms with E-state index in [1.807, 2.05) is 18.2 Å². The molecule has 5 heteroatoms. The number of nitrogens with one attached hydrogen (secondary N) is 2. The molecule has 3 rings (SSSR count). The summed E-state index contributed by atoms with van der Waals surface area (Å²) >= 11 is 0. The van der Waals surface area contributed by atoms with Gasteiger partial charge in [-0.2, -0.15) is 0 Å². The maximum absolute atomic E-state index is 12.4. The van der Waals surface area contributed by atoms with E-state index in [0.29, 0.717) is 13.2 Å². The average molecular weight is 304 g/mol. The summed E-state index contributed by atoms with van der Waals surface area (Å²) in [5.41, 5.74) is 1.07. The molecule has 5 nitrogen and oxygen atoms in total. The van der Waals surface area contributed by atoms with Crippen LogP contribution in [0.5, 0.6) is 11.5 Å². The molecule has 2 atom stereocenters. The van der Waals surface area contributed by atoms with Crippen molar-refractivity contribution in [1.82, 2.24) is 10.6 Å². The lowest BCUT2D eigenvalue weighted by atomic mass is 9.97. The number of amides is 1. The van der Waals surface area contributed by atoms with Crippen LogP contribution in [-0.4, -0.2) is 32.2 Å². The summed E-state index contributed by atoms with van der Waals surface area (Å²) in [6, 6.07) is 5.95. The largest absolute Gasteiger partial charge is 0.486 e. The van der Waals surface area contributed by atoms with Crippen molar-refractivity contribution in [1.29, 1.82) is 0 Å². The number of fused-ring (bicyclic) bond motifs is 1. The monoisotopic (exact) mass is 304 g/mol. The summed E-state index contributed by atoms with van der Waals surface area (Å²) in [5, 5.41) is 6.47. The van der Waals surface area contributed by atoms with Crippen molar-refractivity contribution in [3.8, 4) is 11.5 Å². The smallest absolute Gasteiger partial charge is 0.224 e. The third-order valence-electron chi connectivity index (χ3n) is 4.36. The molecule has 2 unspecified atom stereocenters. The van der Waals surface area contributed by atoms with Gasteiger partial charge >= 0.3 is 0 Å². The zero-order chi connectivity index (χ0) is 15.4. The Kier molecular flexibility index (Phi) is 4.83. The Morgan fingerprint density at radius 3 is 2.91 bits per heavy atom. The van der Waals surface area contributed by atoms with Crippen molar-refractivity contribution in [3.05, 3.63) is 23.8 Å². The first-order valence-electron chi connectivity index (χ1n) is 8.18.